The zero-order valence-corrected chi connectivity index (χ0v) is 20.3. The van der Waals surface area contributed by atoms with Gasteiger partial charge in [-0.15, -0.1) is 11.8 Å². The van der Waals surface area contributed by atoms with E-state index in [2.05, 4.69) is 41.3 Å². The molecule has 0 aromatic heterocycles. The lowest BCUT2D eigenvalue weighted by atomic mass is 10.2. The van der Waals surface area contributed by atoms with Gasteiger partial charge in [0.15, 0.2) is 9.84 Å². The van der Waals surface area contributed by atoms with Crippen molar-refractivity contribution in [2.24, 2.45) is 0 Å². The van der Waals surface area contributed by atoms with E-state index in [0.717, 1.165) is 15.6 Å². The molecule has 6 nitrogen and oxygen atoms in total. The average Bonchev–Trinajstić information content (AvgIpc) is 2.66. The van der Waals surface area contributed by atoms with Crippen molar-refractivity contribution >= 4 is 65.4 Å². The maximum atomic E-state index is 11.4. The summed E-state index contributed by atoms with van der Waals surface area (Å²) in [6, 6.07) is 9.85. The maximum absolute atomic E-state index is 11.4. The third-order valence-electron chi connectivity index (χ3n) is 3.32. The molecule has 0 aliphatic rings. The summed E-state index contributed by atoms with van der Waals surface area (Å²) in [5.74, 6) is -0.959. The standard InChI is InChI=1S/C9H9BrO4S.C9H9BrO2S/c1-14-9(11)7-4-3-6(10)5-8(7)15(2,12)13;1-12-9(11)7-4-3-6(10)5-8(7)13-2/h3-5H,1-2H3;3-5H,1-2H3. The largest absolute Gasteiger partial charge is 0.465 e. The van der Waals surface area contributed by atoms with Crippen molar-refractivity contribution in [1.29, 1.82) is 0 Å². The van der Waals surface area contributed by atoms with Gasteiger partial charge in [-0.2, -0.15) is 0 Å². The van der Waals surface area contributed by atoms with Crippen LogP contribution in [0.2, 0.25) is 0 Å². The van der Waals surface area contributed by atoms with Crippen LogP contribution in [0, 0.1) is 0 Å². The molecule has 0 atom stereocenters. The van der Waals surface area contributed by atoms with Crippen molar-refractivity contribution in [3.05, 3.63) is 56.5 Å². The summed E-state index contributed by atoms with van der Waals surface area (Å²) < 4.78 is 33.5. The number of rotatable bonds is 4. The zero-order chi connectivity index (χ0) is 21.5. The van der Waals surface area contributed by atoms with E-state index in [9.17, 15) is 18.0 Å². The van der Waals surface area contributed by atoms with E-state index in [-0.39, 0.29) is 16.4 Å². The number of benzene rings is 2. The Bertz CT molecular complexity index is 974. The van der Waals surface area contributed by atoms with Gasteiger partial charge in [-0.05, 0) is 42.7 Å². The molecule has 2 aromatic carbocycles. The van der Waals surface area contributed by atoms with Gasteiger partial charge in [0.1, 0.15) is 0 Å². The first-order chi connectivity index (χ1) is 13.0. The van der Waals surface area contributed by atoms with Gasteiger partial charge < -0.3 is 9.47 Å². The number of methoxy groups -OCH3 is 2. The minimum atomic E-state index is -3.44. The Labute approximate surface area is 185 Å². The number of esters is 2. The Kier molecular flexibility index (Phi) is 9.68. The molecule has 0 aliphatic carbocycles. The minimum absolute atomic E-state index is 0.0382. The Hall–Kier alpha value is -1.36. The Morgan fingerprint density at radius 3 is 1.82 bits per heavy atom. The number of hydrogen-bond donors (Lipinski definition) is 0. The molecule has 0 amide bonds. The predicted octanol–water partition coefficient (Wildman–Crippen LogP) is 4.60. The van der Waals surface area contributed by atoms with Gasteiger partial charge in [-0.3, -0.25) is 0 Å². The van der Waals surface area contributed by atoms with E-state index >= 15 is 0 Å². The normalized spacial score (nSPS) is 10.5. The van der Waals surface area contributed by atoms with Crippen molar-refractivity contribution in [2.75, 3.05) is 26.7 Å². The van der Waals surface area contributed by atoms with Crippen molar-refractivity contribution in [3.8, 4) is 0 Å². The van der Waals surface area contributed by atoms with E-state index in [0.29, 0.717) is 10.0 Å². The molecule has 0 bridgehead atoms. The Balaban J connectivity index is 0.000000283. The molecule has 0 saturated carbocycles. The molecule has 10 heteroatoms. The lowest BCUT2D eigenvalue weighted by Crippen LogP contribution is -2.09. The number of halogens is 2. The monoisotopic (exact) mass is 552 g/mol. The third kappa shape index (κ3) is 6.91. The zero-order valence-electron chi connectivity index (χ0n) is 15.5. The van der Waals surface area contributed by atoms with Gasteiger partial charge in [-0.25, -0.2) is 18.0 Å². The van der Waals surface area contributed by atoms with Crippen LogP contribution in [0.25, 0.3) is 0 Å². The number of thioether (sulfide) groups is 1. The molecule has 0 N–H and O–H groups in total. The fraction of sp³-hybridized carbons (Fsp3) is 0.222. The fourth-order valence-corrected chi connectivity index (χ4v) is 4.56. The quantitative estimate of drug-likeness (QED) is 0.404. The second-order valence-corrected chi connectivity index (χ2v) is 9.90. The fourth-order valence-electron chi connectivity index (χ4n) is 2.03. The SMILES string of the molecule is COC(=O)c1ccc(Br)cc1S(C)(=O)=O.COC(=O)c1ccc(Br)cc1SC. The van der Waals surface area contributed by atoms with Gasteiger partial charge in [0, 0.05) is 20.1 Å². The molecule has 2 rings (SSSR count). The third-order valence-corrected chi connectivity index (χ3v) is 6.22. The molecular weight excluding hydrogens is 536 g/mol. The molecule has 0 aliphatic heterocycles. The van der Waals surface area contributed by atoms with Crippen LogP contribution in [-0.2, 0) is 19.3 Å². The molecule has 0 unspecified atom stereocenters. The maximum Gasteiger partial charge on any atom is 0.339 e. The summed E-state index contributed by atoms with van der Waals surface area (Å²) in [5.41, 5.74) is 0.654. The van der Waals surface area contributed by atoms with Crippen molar-refractivity contribution < 1.29 is 27.5 Å². The van der Waals surface area contributed by atoms with Crippen molar-refractivity contribution in [3.63, 3.8) is 0 Å². The highest BCUT2D eigenvalue weighted by atomic mass is 79.9. The highest BCUT2D eigenvalue weighted by molar-refractivity contribution is 9.10. The topological polar surface area (TPSA) is 86.7 Å². The van der Waals surface area contributed by atoms with Crippen LogP contribution in [0.5, 0.6) is 0 Å². The molecule has 0 heterocycles. The van der Waals surface area contributed by atoms with Crippen molar-refractivity contribution in [1.82, 2.24) is 0 Å². The first kappa shape index (κ1) is 24.7. The number of sulfone groups is 1. The first-order valence-corrected chi connectivity index (χ1v) is 12.2. The molecule has 0 saturated heterocycles. The van der Waals surface area contributed by atoms with E-state index in [1.807, 2.05) is 18.4 Å². The minimum Gasteiger partial charge on any atom is -0.465 e. The summed E-state index contributed by atoms with van der Waals surface area (Å²) in [5, 5.41) is 0. The number of hydrogen-bond acceptors (Lipinski definition) is 7. The predicted molar refractivity (Wildman–Crippen MR) is 116 cm³/mol. The van der Waals surface area contributed by atoms with Crippen LogP contribution in [-0.4, -0.2) is 47.1 Å². The van der Waals surface area contributed by atoms with Crippen LogP contribution in [0.4, 0.5) is 0 Å². The van der Waals surface area contributed by atoms with E-state index in [1.54, 1.807) is 12.1 Å². The highest BCUT2D eigenvalue weighted by Crippen LogP contribution is 2.25. The molecule has 152 valence electrons. The van der Waals surface area contributed by atoms with Gasteiger partial charge in [0.2, 0.25) is 0 Å². The van der Waals surface area contributed by atoms with Gasteiger partial charge in [0.25, 0.3) is 0 Å². The second-order valence-electron chi connectivity index (χ2n) is 5.24. The summed E-state index contributed by atoms with van der Waals surface area (Å²) in [4.78, 5) is 23.4. The smallest absolute Gasteiger partial charge is 0.339 e. The van der Waals surface area contributed by atoms with Crippen LogP contribution in [0.1, 0.15) is 20.7 Å². The number of ether oxygens (including phenoxy) is 2. The number of carbonyl (C=O) groups excluding carboxylic acids is 2. The lowest BCUT2D eigenvalue weighted by Gasteiger charge is -2.06. The van der Waals surface area contributed by atoms with Gasteiger partial charge in [-0.1, -0.05) is 31.9 Å². The van der Waals surface area contributed by atoms with Crippen molar-refractivity contribution in [2.45, 2.75) is 9.79 Å². The summed E-state index contributed by atoms with van der Waals surface area (Å²) in [6.45, 7) is 0. The lowest BCUT2D eigenvalue weighted by molar-refractivity contribution is 0.0588. The summed E-state index contributed by atoms with van der Waals surface area (Å²) in [7, 11) is -0.854. The molecule has 28 heavy (non-hydrogen) atoms. The summed E-state index contributed by atoms with van der Waals surface area (Å²) in [6.07, 6.45) is 2.97. The van der Waals surface area contributed by atoms with E-state index in [1.165, 1.54) is 38.1 Å². The van der Waals surface area contributed by atoms with Crippen LogP contribution >= 0.6 is 43.6 Å². The molecule has 0 spiro atoms. The number of carbonyl (C=O) groups is 2. The van der Waals surface area contributed by atoms with E-state index in [4.69, 9.17) is 0 Å². The average molecular weight is 554 g/mol. The Morgan fingerprint density at radius 1 is 0.893 bits per heavy atom. The molecule has 0 radical (unpaired) electrons. The van der Waals surface area contributed by atoms with E-state index < -0.39 is 15.8 Å². The first-order valence-electron chi connectivity index (χ1n) is 7.55. The Morgan fingerprint density at radius 2 is 1.36 bits per heavy atom. The van der Waals surface area contributed by atoms with Gasteiger partial charge >= 0.3 is 11.9 Å². The molecule has 0 fully saturated rings. The van der Waals surface area contributed by atoms with Gasteiger partial charge in [0.05, 0.1) is 30.2 Å². The van der Waals surface area contributed by atoms with Crippen LogP contribution < -0.4 is 0 Å². The second kappa shape index (κ2) is 11.0. The highest BCUT2D eigenvalue weighted by Gasteiger charge is 2.19. The molecular formula is C18H18Br2O6S2. The molecule has 2 aromatic rings. The van der Waals surface area contributed by atoms with Crippen LogP contribution in [0.3, 0.4) is 0 Å². The summed E-state index contributed by atoms with van der Waals surface area (Å²) >= 11 is 8.01. The van der Waals surface area contributed by atoms with Crippen LogP contribution in [0.15, 0.2) is 55.1 Å².